The molecule has 4 nitrogen and oxygen atoms in total. The van der Waals surface area contributed by atoms with Gasteiger partial charge in [-0.05, 0) is 30.5 Å². The first-order chi connectivity index (χ1) is 9.10. The van der Waals surface area contributed by atoms with E-state index in [2.05, 4.69) is 5.32 Å². The van der Waals surface area contributed by atoms with Crippen LogP contribution in [-0.4, -0.2) is 24.7 Å². The van der Waals surface area contributed by atoms with Crippen molar-refractivity contribution in [2.24, 2.45) is 5.73 Å². The third-order valence-electron chi connectivity index (χ3n) is 3.13. The largest absolute Gasteiger partial charge is 0.364 e. The molecule has 0 spiro atoms. The van der Waals surface area contributed by atoms with Crippen molar-refractivity contribution in [2.45, 2.75) is 31.6 Å². The lowest BCUT2D eigenvalue weighted by molar-refractivity contribution is -0.132. The highest BCUT2D eigenvalue weighted by Gasteiger charge is 2.29. The van der Waals surface area contributed by atoms with Crippen molar-refractivity contribution in [1.29, 1.82) is 0 Å². The minimum absolute atomic E-state index is 0. The molecule has 0 saturated carbocycles. The van der Waals surface area contributed by atoms with Gasteiger partial charge in [-0.15, -0.1) is 12.4 Å². The number of hydrogen-bond donors (Lipinski definition) is 2. The molecular formula is C13H17Cl3N2O2. The number of nitrogens with two attached hydrogens (primary N) is 1. The number of carbonyl (C=O) groups is 1. The van der Waals surface area contributed by atoms with Gasteiger partial charge in [0.1, 0.15) is 6.10 Å². The summed E-state index contributed by atoms with van der Waals surface area (Å²) in [5, 5.41) is 3.93. The number of hydrogen-bond acceptors (Lipinski definition) is 3. The third kappa shape index (κ3) is 4.50. The summed E-state index contributed by atoms with van der Waals surface area (Å²) in [5.74, 6) is -0.123. The monoisotopic (exact) mass is 338 g/mol. The standard InChI is InChI=1S/C13H16Cl2N2O2.ClH/c14-9-2-1-8(11(15)5-9)7-17-13(18)12-4-3-10(6-16)19-12;/h1-2,5,10,12H,3-4,6-7,16H2,(H,17,18);1H/t10-,12+;/m1./s1. The van der Waals surface area contributed by atoms with E-state index in [1.54, 1.807) is 18.2 Å². The Bertz CT molecular complexity index is 471. The molecule has 0 bridgehead atoms. The van der Waals surface area contributed by atoms with Gasteiger partial charge in [-0.1, -0.05) is 29.3 Å². The first kappa shape index (κ1) is 17.5. The SMILES string of the molecule is Cl.NC[C@H]1CC[C@@H](C(=O)NCc2ccc(Cl)cc2Cl)O1. The third-order valence-corrected chi connectivity index (χ3v) is 3.72. The topological polar surface area (TPSA) is 64.4 Å². The second kappa shape index (κ2) is 8.05. The Labute approximate surface area is 134 Å². The highest BCUT2D eigenvalue weighted by molar-refractivity contribution is 6.35. The van der Waals surface area contributed by atoms with Crippen LogP contribution >= 0.6 is 35.6 Å². The maximum Gasteiger partial charge on any atom is 0.249 e. The van der Waals surface area contributed by atoms with E-state index in [-0.39, 0.29) is 24.4 Å². The lowest BCUT2D eigenvalue weighted by Crippen LogP contribution is -2.35. The van der Waals surface area contributed by atoms with Crippen molar-refractivity contribution in [3.05, 3.63) is 33.8 Å². The summed E-state index contributed by atoms with van der Waals surface area (Å²) >= 11 is 11.8. The number of halogens is 3. The van der Waals surface area contributed by atoms with Crippen LogP contribution in [0.3, 0.4) is 0 Å². The van der Waals surface area contributed by atoms with Crippen LogP contribution in [0.5, 0.6) is 0 Å². The van der Waals surface area contributed by atoms with Gasteiger partial charge in [-0.2, -0.15) is 0 Å². The van der Waals surface area contributed by atoms with Crippen LogP contribution in [0.2, 0.25) is 10.0 Å². The molecule has 1 amide bonds. The zero-order valence-electron chi connectivity index (χ0n) is 10.8. The van der Waals surface area contributed by atoms with E-state index in [1.165, 1.54) is 0 Å². The van der Waals surface area contributed by atoms with E-state index < -0.39 is 6.10 Å². The number of carbonyl (C=O) groups excluding carboxylic acids is 1. The number of rotatable bonds is 4. The molecule has 0 aliphatic carbocycles. The van der Waals surface area contributed by atoms with E-state index in [9.17, 15) is 4.79 Å². The molecule has 1 aliphatic heterocycles. The van der Waals surface area contributed by atoms with Gasteiger partial charge in [0, 0.05) is 23.1 Å². The lowest BCUT2D eigenvalue weighted by Gasteiger charge is -2.13. The Kier molecular flexibility index (Phi) is 7.06. The van der Waals surface area contributed by atoms with Crippen molar-refractivity contribution in [2.75, 3.05) is 6.54 Å². The van der Waals surface area contributed by atoms with Crippen molar-refractivity contribution >= 4 is 41.5 Å². The normalized spacial score (nSPS) is 21.4. The molecule has 1 fully saturated rings. The quantitative estimate of drug-likeness (QED) is 0.886. The van der Waals surface area contributed by atoms with Gasteiger partial charge in [-0.3, -0.25) is 4.79 Å². The summed E-state index contributed by atoms with van der Waals surface area (Å²) in [4.78, 5) is 11.9. The molecule has 7 heteroatoms. The molecule has 1 aromatic carbocycles. The Hall–Kier alpha value is -0.520. The van der Waals surface area contributed by atoms with Crippen molar-refractivity contribution in [1.82, 2.24) is 5.32 Å². The first-order valence-corrected chi connectivity index (χ1v) is 6.93. The molecule has 20 heavy (non-hydrogen) atoms. The molecule has 3 N–H and O–H groups in total. The number of nitrogens with one attached hydrogen (secondary N) is 1. The van der Waals surface area contributed by atoms with Gasteiger partial charge in [0.25, 0.3) is 0 Å². The summed E-state index contributed by atoms with van der Waals surface area (Å²) in [5.41, 5.74) is 6.34. The van der Waals surface area contributed by atoms with Crippen LogP contribution in [0.1, 0.15) is 18.4 Å². The van der Waals surface area contributed by atoms with Crippen molar-refractivity contribution < 1.29 is 9.53 Å². The van der Waals surface area contributed by atoms with Crippen LogP contribution in [0.4, 0.5) is 0 Å². The maximum absolute atomic E-state index is 11.9. The van der Waals surface area contributed by atoms with Crippen LogP contribution in [0.15, 0.2) is 18.2 Å². The van der Waals surface area contributed by atoms with E-state index in [4.69, 9.17) is 33.7 Å². The van der Waals surface area contributed by atoms with Gasteiger partial charge in [-0.25, -0.2) is 0 Å². The summed E-state index contributed by atoms with van der Waals surface area (Å²) in [6.45, 7) is 0.814. The molecule has 1 aliphatic rings. The summed E-state index contributed by atoms with van der Waals surface area (Å²) in [6.07, 6.45) is 1.13. The zero-order chi connectivity index (χ0) is 13.8. The first-order valence-electron chi connectivity index (χ1n) is 6.17. The van der Waals surface area contributed by atoms with Crippen molar-refractivity contribution in [3.8, 4) is 0 Å². The molecule has 2 atom stereocenters. The molecule has 0 aromatic heterocycles. The average Bonchev–Trinajstić information content (AvgIpc) is 2.86. The van der Waals surface area contributed by atoms with Crippen LogP contribution in [0.25, 0.3) is 0 Å². The predicted octanol–water partition coefficient (Wildman–Crippen LogP) is 2.54. The van der Waals surface area contributed by atoms with Gasteiger partial charge < -0.3 is 15.8 Å². The summed E-state index contributed by atoms with van der Waals surface area (Å²) in [7, 11) is 0. The number of benzene rings is 1. The van der Waals surface area contributed by atoms with Crippen LogP contribution < -0.4 is 11.1 Å². The van der Waals surface area contributed by atoms with E-state index in [1.807, 2.05) is 0 Å². The fourth-order valence-corrected chi connectivity index (χ4v) is 2.51. The maximum atomic E-state index is 11.9. The molecule has 0 radical (unpaired) electrons. The fourth-order valence-electron chi connectivity index (χ4n) is 2.03. The average molecular weight is 340 g/mol. The van der Waals surface area contributed by atoms with Gasteiger partial charge >= 0.3 is 0 Å². The predicted molar refractivity (Wildman–Crippen MR) is 82.5 cm³/mol. The molecule has 2 rings (SSSR count). The smallest absolute Gasteiger partial charge is 0.249 e. The summed E-state index contributed by atoms with van der Waals surface area (Å²) < 4.78 is 5.52. The van der Waals surface area contributed by atoms with Gasteiger partial charge in [0.2, 0.25) is 5.91 Å². The highest BCUT2D eigenvalue weighted by atomic mass is 35.5. The van der Waals surface area contributed by atoms with Gasteiger partial charge in [0.05, 0.1) is 6.10 Å². The Morgan fingerprint density at radius 3 is 2.75 bits per heavy atom. The van der Waals surface area contributed by atoms with E-state index in [0.717, 1.165) is 12.0 Å². The Balaban J connectivity index is 0.00000200. The fraction of sp³-hybridized carbons (Fsp3) is 0.462. The second-order valence-corrected chi connectivity index (χ2v) is 5.36. The molecule has 1 heterocycles. The van der Waals surface area contributed by atoms with Crippen molar-refractivity contribution in [3.63, 3.8) is 0 Å². The second-order valence-electron chi connectivity index (χ2n) is 4.51. The highest BCUT2D eigenvalue weighted by Crippen LogP contribution is 2.22. The van der Waals surface area contributed by atoms with Crippen LogP contribution in [0, 0.1) is 0 Å². The zero-order valence-corrected chi connectivity index (χ0v) is 13.1. The molecular weight excluding hydrogens is 323 g/mol. The number of amides is 1. The molecule has 1 saturated heterocycles. The van der Waals surface area contributed by atoms with Crippen LogP contribution in [-0.2, 0) is 16.1 Å². The van der Waals surface area contributed by atoms with E-state index in [0.29, 0.717) is 29.6 Å². The summed E-state index contributed by atoms with van der Waals surface area (Å²) in [6, 6.07) is 5.19. The Morgan fingerprint density at radius 1 is 1.40 bits per heavy atom. The lowest BCUT2D eigenvalue weighted by atomic mass is 10.2. The number of ether oxygens (including phenoxy) is 1. The minimum atomic E-state index is -0.403. The molecule has 1 aromatic rings. The van der Waals surface area contributed by atoms with E-state index >= 15 is 0 Å². The minimum Gasteiger partial charge on any atom is -0.364 e. The molecule has 0 unspecified atom stereocenters. The molecule has 112 valence electrons. The van der Waals surface area contributed by atoms with Gasteiger partial charge in [0.15, 0.2) is 0 Å². The Morgan fingerprint density at radius 2 is 2.15 bits per heavy atom.